The first-order valence-corrected chi connectivity index (χ1v) is 5.42. The van der Waals surface area contributed by atoms with Gasteiger partial charge in [0.05, 0.1) is 6.61 Å². The highest BCUT2D eigenvalue weighted by atomic mass is 19.4. The molecule has 1 aliphatic carbocycles. The minimum Gasteiger partial charge on any atom is -0.456 e. The van der Waals surface area contributed by atoms with E-state index < -0.39 is 17.7 Å². The van der Waals surface area contributed by atoms with Gasteiger partial charge in [0.25, 0.3) is 0 Å². The van der Waals surface area contributed by atoms with Crippen molar-refractivity contribution < 1.29 is 27.4 Å². The Bertz CT molecular complexity index is 305. The summed E-state index contributed by atoms with van der Waals surface area (Å²) in [5, 5.41) is 0. The monoisotopic (exact) mass is 253 g/mol. The van der Waals surface area contributed by atoms with Gasteiger partial charge in [-0.05, 0) is 25.7 Å². The number of fused-ring (bicyclic) bond motifs is 3. The second-order valence-corrected chi connectivity index (χ2v) is 4.91. The van der Waals surface area contributed by atoms with E-state index in [1.807, 2.05) is 0 Å². The topological polar surface area (TPSA) is 61.5 Å². The van der Waals surface area contributed by atoms with Crippen LogP contribution in [0.2, 0.25) is 0 Å². The Balaban J connectivity index is 1.90. The number of alkyl halides is 3. The van der Waals surface area contributed by atoms with Gasteiger partial charge in [0.15, 0.2) is 0 Å². The van der Waals surface area contributed by atoms with Gasteiger partial charge in [-0.15, -0.1) is 0 Å². The van der Waals surface area contributed by atoms with Crippen molar-refractivity contribution in [2.45, 2.75) is 43.0 Å². The number of halogens is 3. The summed E-state index contributed by atoms with van der Waals surface area (Å²) in [4.78, 5) is 10.6. The van der Waals surface area contributed by atoms with Crippen molar-refractivity contribution in [3.63, 3.8) is 0 Å². The maximum Gasteiger partial charge on any atom is 0.490 e. The lowest BCUT2D eigenvalue weighted by molar-refractivity contribution is -0.218. The maximum absolute atomic E-state index is 12.0. The zero-order valence-electron chi connectivity index (χ0n) is 9.18. The molecule has 3 fully saturated rings. The molecule has 1 saturated carbocycles. The molecule has 2 bridgehead atoms. The molecule has 2 N–H and O–H groups in total. The normalized spacial score (nSPS) is 36.9. The van der Waals surface area contributed by atoms with Crippen LogP contribution in [0.25, 0.3) is 0 Å². The zero-order chi connectivity index (χ0) is 12.7. The van der Waals surface area contributed by atoms with Crippen LogP contribution in [0, 0.1) is 0 Å². The Morgan fingerprint density at radius 2 is 1.88 bits per heavy atom. The smallest absolute Gasteiger partial charge is 0.456 e. The van der Waals surface area contributed by atoms with Crippen LogP contribution in [0.4, 0.5) is 13.2 Å². The molecule has 2 saturated heterocycles. The van der Waals surface area contributed by atoms with E-state index in [1.54, 1.807) is 0 Å². The fraction of sp³-hybridized carbons (Fsp3) is 0.900. The van der Waals surface area contributed by atoms with E-state index in [9.17, 15) is 18.0 Å². The molecular formula is C10H14F3NO3. The molecule has 0 spiro atoms. The number of esters is 1. The first-order valence-electron chi connectivity index (χ1n) is 5.42. The summed E-state index contributed by atoms with van der Waals surface area (Å²) in [5.74, 6) is -2.16. The number of hydrogen-bond acceptors (Lipinski definition) is 4. The minimum atomic E-state index is -4.95. The van der Waals surface area contributed by atoms with Crippen molar-refractivity contribution in [3.05, 3.63) is 0 Å². The number of ether oxygens (including phenoxy) is 2. The molecule has 98 valence electrons. The van der Waals surface area contributed by atoms with Crippen LogP contribution in [0.15, 0.2) is 0 Å². The zero-order valence-corrected chi connectivity index (χ0v) is 9.18. The maximum atomic E-state index is 12.0. The molecule has 0 aromatic heterocycles. The molecular weight excluding hydrogens is 239 g/mol. The van der Waals surface area contributed by atoms with Gasteiger partial charge in [-0.1, -0.05) is 0 Å². The van der Waals surface area contributed by atoms with Gasteiger partial charge in [-0.3, -0.25) is 0 Å². The molecule has 2 heterocycles. The second-order valence-electron chi connectivity index (χ2n) is 4.91. The molecule has 0 amide bonds. The van der Waals surface area contributed by atoms with Crippen LogP contribution in [0.3, 0.4) is 0 Å². The van der Waals surface area contributed by atoms with E-state index in [2.05, 4.69) is 4.74 Å². The van der Waals surface area contributed by atoms with E-state index in [0.29, 0.717) is 32.3 Å². The third-order valence-corrected chi connectivity index (χ3v) is 3.52. The fourth-order valence-electron chi connectivity index (χ4n) is 2.25. The molecule has 17 heavy (non-hydrogen) atoms. The van der Waals surface area contributed by atoms with Gasteiger partial charge < -0.3 is 15.2 Å². The number of hydrogen-bond donors (Lipinski definition) is 1. The Morgan fingerprint density at radius 3 is 2.29 bits per heavy atom. The van der Waals surface area contributed by atoms with Gasteiger partial charge in [0.1, 0.15) is 12.2 Å². The van der Waals surface area contributed by atoms with Crippen LogP contribution in [-0.4, -0.2) is 36.5 Å². The van der Waals surface area contributed by atoms with E-state index in [4.69, 9.17) is 10.5 Å². The largest absolute Gasteiger partial charge is 0.490 e. The van der Waals surface area contributed by atoms with Crippen molar-refractivity contribution >= 4 is 5.97 Å². The molecule has 0 unspecified atom stereocenters. The number of carbonyl (C=O) groups is 1. The Kier molecular flexibility index (Phi) is 2.86. The molecule has 0 aromatic rings. The predicted molar refractivity (Wildman–Crippen MR) is 51.1 cm³/mol. The molecule has 0 aromatic carbocycles. The summed E-state index contributed by atoms with van der Waals surface area (Å²) in [5.41, 5.74) is 4.85. The van der Waals surface area contributed by atoms with Crippen molar-refractivity contribution in [2.24, 2.45) is 5.73 Å². The third-order valence-electron chi connectivity index (χ3n) is 3.52. The molecule has 3 rings (SSSR count). The molecule has 0 atom stereocenters. The summed E-state index contributed by atoms with van der Waals surface area (Å²) in [6.45, 7) is -0.0298. The Morgan fingerprint density at radius 1 is 1.29 bits per heavy atom. The quantitative estimate of drug-likeness (QED) is 0.749. The molecule has 7 heteroatoms. The lowest BCUT2D eigenvalue weighted by atomic mass is 9.72. The van der Waals surface area contributed by atoms with Crippen LogP contribution < -0.4 is 5.73 Å². The van der Waals surface area contributed by atoms with Crippen LogP contribution >= 0.6 is 0 Å². The summed E-state index contributed by atoms with van der Waals surface area (Å²) in [6.07, 6.45) is -2.49. The number of carbonyl (C=O) groups excluding carboxylic acids is 1. The number of nitrogens with two attached hydrogens (primary N) is 1. The highest BCUT2D eigenvalue weighted by Crippen LogP contribution is 2.42. The van der Waals surface area contributed by atoms with Crippen molar-refractivity contribution in [2.75, 3.05) is 13.2 Å². The highest BCUT2D eigenvalue weighted by Gasteiger charge is 2.50. The summed E-state index contributed by atoms with van der Waals surface area (Å²) >= 11 is 0. The number of rotatable bonds is 2. The highest BCUT2D eigenvalue weighted by molar-refractivity contribution is 5.75. The van der Waals surface area contributed by atoms with Gasteiger partial charge in [-0.2, -0.15) is 13.2 Å². The van der Waals surface area contributed by atoms with E-state index in [-0.39, 0.29) is 12.1 Å². The SMILES string of the molecule is NC12CCC(COC(=O)C(F)(F)F)(CC1)OC2. The Hall–Kier alpha value is -0.820. The second kappa shape index (κ2) is 3.84. The lowest BCUT2D eigenvalue weighted by Gasteiger charge is -2.50. The first kappa shape index (κ1) is 12.6. The van der Waals surface area contributed by atoms with Gasteiger partial charge >= 0.3 is 12.1 Å². The van der Waals surface area contributed by atoms with Crippen LogP contribution in [0.5, 0.6) is 0 Å². The van der Waals surface area contributed by atoms with Gasteiger partial charge in [-0.25, -0.2) is 4.79 Å². The van der Waals surface area contributed by atoms with Gasteiger partial charge in [0, 0.05) is 5.54 Å². The summed E-state index contributed by atoms with van der Waals surface area (Å²) in [6, 6.07) is 0. The molecule has 2 aliphatic heterocycles. The van der Waals surface area contributed by atoms with E-state index in [0.717, 1.165) is 0 Å². The minimum absolute atomic E-state index is 0.316. The average molecular weight is 253 g/mol. The van der Waals surface area contributed by atoms with Crippen molar-refractivity contribution in [3.8, 4) is 0 Å². The van der Waals surface area contributed by atoms with Crippen LogP contribution in [0.1, 0.15) is 25.7 Å². The van der Waals surface area contributed by atoms with E-state index >= 15 is 0 Å². The van der Waals surface area contributed by atoms with Gasteiger partial charge in [0.2, 0.25) is 0 Å². The third kappa shape index (κ3) is 2.55. The van der Waals surface area contributed by atoms with Crippen molar-refractivity contribution in [1.29, 1.82) is 0 Å². The molecule has 3 aliphatic rings. The van der Waals surface area contributed by atoms with Crippen molar-refractivity contribution in [1.82, 2.24) is 0 Å². The van der Waals surface area contributed by atoms with Crippen LogP contribution in [-0.2, 0) is 14.3 Å². The molecule has 4 nitrogen and oxygen atoms in total. The first-order chi connectivity index (χ1) is 7.75. The summed E-state index contributed by atoms with van der Waals surface area (Å²) in [7, 11) is 0. The summed E-state index contributed by atoms with van der Waals surface area (Å²) < 4.78 is 45.6. The lowest BCUT2D eigenvalue weighted by Crippen LogP contribution is -2.61. The average Bonchev–Trinajstić information content (AvgIpc) is 2.27. The standard InChI is InChI=1S/C10H14F3NO3/c11-10(12,13)7(15)16-6-9-3-1-8(14,2-4-9)5-17-9/h1-6,14H2. The fourth-order valence-corrected chi connectivity index (χ4v) is 2.25. The molecule has 0 radical (unpaired) electrons. The van der Waals surface area contributed by atoms with E-state index in [1.165, 1.54) is 0 Å². The Labute approximate surface area is 96.2 Å². The predicted octanol–water partition coefficient (Wildman–Crippen LogP) is 1.13.